The van der Waals surface area contributed by atoms with Gasteiger partial charge in [0.25, 0.3) is 5.91 Å². The summed E-state index contributed by atoms with van der Waals surface area (Å²) in [5.74, 6) is 0.0773. The average molecular weight is 316 g/mol. The first kappa shape index (κ1) is 14.9. The van der Waals surface area contributed by atoms with Gasteiger partial charge >= 0.3 is 0 Å². The molecule has 3 nitrogen and oxygen atoms in total. The molecule has 0 saturated carbocycles. The molecule has 2 aromatic carbocycles. The van der Waals surface area contributed by atoms with Crippen LogP contribution in [0.4, 0.5) is 0 Å². The molecule has 0 spiro atoms. The van der Waals surface area contributed by atoms with E-state index in [-0.39, 0.29) is 11.9 Å². The molecule has 3 heteroatoms. The van der Waals surface area contributed by atoms with Gasteiger partial charge in [-0.15, -0.1) is 0 Å². The standard InChI is InChI=1S/C21H20N2O/c1-23(20-11-5-7-15-6-2-3-9-18(15)20)21(24)19-10-4-8-16-14-22-13-12-17(16)19/h2-4,6,8-10,12-14,20H,5,7,11H2,1H3/t20-/m1/s1. The number of rotatable bonds is 2. The maximum absolute atomic E-state index is 13.2. The molecule has 1 amide bonds. The van der Waals surface area contributed by atoms with E-state index in [0.717, 1.165) is 35.6 Å². The van der Waals surface area contributed by atoms with Crippen LogP contribution in [0.2, 0.25) is 0 Å². The Morgan fingerprint density at radius 2 is 2.00 bits per heavy atom. The van der Waals surface area contributed by atoms with Crippen molar-refractivity contribution in [1.29, 1.82) is 0 Å². The van der Waals surface area contributed by atoms with Gasteiger partial charge in [0, 0.05) is 30.4 Å². The van der Waals surface area contributed by atoms with Gasteiger partial charge in [-0.3, -0.25) is 9.78 Å². The molecule has 0 saturated heterocycles. The lowest BCUT2D eigenvalue weighted by atomic mass is 9.86. The fraction of sp³-hybridized carbons (Fsp3) is 0.238. The summed E-state index contributed by atoms with van der Waals surface area (Å²) in [5, 5.41) is 1.97. The third-order valence-electron chi connectivity index (χ3n) is 5.04. The lowest BCUT2D eigenvalue weighted by Gasteiger charge is -2.33. The molecule has 24 heavy (non-hydrogen) atoms. The van der Waals surface area contributed by atoms with Crippen molar-refractivity contribution in [2.75, 3.05) is 7.05 Å². The Kier molecular flexibility index (Phi) is 3.77. The Morgan fingerprint density at radius 3 is 2.92 bits per heavy atom. The van der Waals surface area contributed by atoms with Crippen molar-refractivity contribution >= 4 is 16.7 Å². The molecule has 0 unspecified atom stereocenters. The number of hydrogen-bond acceptors (Lipinski definition) is 2. The van der Waals surface area contributed by atoms with E-state index >= 15 is 0 Å². The molecule has 0 bridgehead atoms. The molecule has 4 rings (SSSR count). The molecule has 0 N–H and O–H groups in total. The second-order valence-electron chi connectivity index (χ2n) is 6.43. The highest BCUT2D eigenvalue weighted by Crippen LogP contribution is 2.34. The Labute approximate surface area is 141 Å². The summed E-state index contributed by atoms with van der Waals surface area (Å²) in [6.45, 7) is 0. The van der Waals surface area contributed by atoms with Gasteiger partial charge in [-0.2, -0.15) is 0 Å². The second kappa shape index (κ2) is 6.08. The van der Waals surface area contributed by atoms with E-state index in [1.54, 1.807) is 6.20 Å². The highest BCUT2D eigenvalue weighted by molar-refractivity contribution is 6.06. The largest absolute Gasteiger partial charge is 0.335 e. The number of carbonyl (C=O) groups excluding carboxylic acids is 1. The van der Waals surface area contributed by atoms with Crippen molar-refractivity contribution in [3.8, 4) is 0 Å². The van der Waals surface area contributed by atoms with E-state index in [4.69, 9.17) is 0 Å². The Morgan fingerprint density at radius 1 is 1.12 bits per heavy atom. The molecule has 3 aromatic rings. The van der Waals surface area contributed by atoms with Crippen LogP contribution in [0.25, 0.3) is 10.8 Å². The number of benzene rings is 2. The molecule has 0 radical (unpaired) electrons. The summed E-state index contributed by atoms with van der Waals surface area (Å²) in [6.07, 6.45) is 6.80. The summed E-state index contributed by atoms with van der Waals surface area (Å²) in [7, 11) is 1.93. The molecule has 0 aliphatic heterocycles. The molecule has 1 aliphatic rings. The number of aromatic nitrogens is 1. The predicted octanol–water partition coefficient (Wildman–Crippen LogP) is 4.38. The predicted molar refractivity (Wildman–Crippen MR) is 96.0 cm³/mol. The van der Waals surface area contributed by atoms with Gasteiger partial charge in [0.15, 0.2) is 0 Å². The molecule has 120 valence electrons. The van der Waals surface area contributed by atoms with Crippen LogP contribution < -0.4 is 0 Å². The fourth-order valence-electron chi connectivity index (χ4n) is 3.77. The zero-order valence-corrected chi connectivity index (χ0v) is 13.8. The van der Waals surface area contributed by atoms with E-state index in [1.165, 1.54) is 11.1 Å². The highest BCUT2D eigenvalue weighted by Gasteiger charge is 2.27. The van der Waals surface area contributed by atoms with Crippen LogP contribution >= 0.6 is 0 Å². The van der Waals surface area contributed by atoms with Crippen molar-refractivity contribution in [3.63, 3.8) is 0 Å². The lowest BCUT2D eigenvalue weighted by Crippen LogP contribution is -2.33. The number of nitrogens with zero attached hydrogens (tertiary/aromatic N) is 2. The molecule has 1 aliphatic carbocycles. The minimum absolute atomic E-state index is 0.0773. The Hall–Kier alpha value is -2.68. The van der Waals surface area contributed by atoms with Crippen molar-refractivity contribution in [3.05, 3.63) is 77.6 Å². The first-order valence-corrected chi connectivity index (χ1v) is 8.43. The Balaban J connectivity index is 1.72. The van der Waals surface area contributed by atoms with Crippen LogP contribution in [-0.4, -0.2) is 22.8 Å². The summed E-state index contributed by atoms with van der Waals surface area (Å²) in [5.41, 5.74) is 3.41. The molecular weight excluding hydrogens is 296 g/mol. The monoisotopic (exact) mass is 316 g/mol. The molecule has 1 aromatic heterocycles. The van der Waals surface area contributed by atoms with Crippen LogP contribution in [0.15, 0.2) is 60.9 Å². The maximum atomic E-state index is 13.2. The van der Waals surface area contributed by atoms with Gasteiger partial charge in [0.05, 0.1) is 6.04 Å². The highest BCUT2D eigenvalue weighted by atomic mass is 16.2. The van der Waals surface area contributed by atoms with Crippen LogP contribution in [0.3, 0.4) is 0 Å². The third kappa shape index (κ3) is 2.46. The van der Waals surface area contributed by atoms with E-state index in [2.05, 4.69) is 29.2 Å². The summed E-state index contributed by atoms with van der Waals surface area (Å²) >= 11 is 0. The number of hydrogen-bond donors (Lipinski definition) is 0. The van der Waals surface area contributed by atoms with Crippen LogP contribution in [0, 0.1) is 0 Å². The lowest BCUT2D eigenvalue weighted by molar-refractivity contribution is 0.0717. The number of carbonyl (C=O) groups is 1. The van der Waals surface area contributed by atoms with E-state index in [1.807, 2.05) is 42.4 Å². The van der Waals surface area contributed by atoms with Gasteiger partial charge in [-0.1, -0.05) is 36.4 Å². The number of fused-ring (bicyclic) bond motifs is 2. The smallest absolute Gasteiger partial charge is 0.254 e. The van der Waals surface area contributed by atoms with Crippen LogP contribution in [-0.2, 0) is 6.42 Å². The minimum atomic E-state index is 0.0773. The van der Waals surface area contributed by atoms with Gasteiger partial charge in [-0.05, 0) is 47.9 Å². The normalized spacial score (nSPS) is 16.6. The molecule has 0 fully saturated rings. The summed E-state index contributed by atoms with van der Waals surface area (Å²) in [4.78, 5) is 19.2. The van der Waals surface area contributed by atoms with E-state index < -0.39 is 0 Å². The van der Waals surface area contributed by atoms with E-state index in [0.29, 0.717) is 0 Å². The molecule has 1 atom stereocenters. The van der Waals surface area contributed by atoms with Gasteiger partial charge in [-0.25, -0.2) is 0 Å². The van der Waals surface area contributed by atoms with Gasteiger partial charge in [0.2, 0.25) is 0 Å². The van der Waals surface area contributed by atoms with Crippen molar-refractivity contribution in [2.45, 2.75) is 25.3 Å². The van der Waals surface area contributed by atoms with Crippen LogP contribution in [0.5, 0.6) is 0 Å². The van der Waals surface area contributed by atoms with Crippen molar-refractivity contribution < 1.29 is 4.79 Å². The molecular formula is C21H20N2O. The maximum Gasteiger partial charge on any atom is 0.254 e. The second-order valence-corrected chi connectivity index (χ2v) is 6.43. The summed E-state index contributed by atoms with van der Waals surface area (Å²) in [6, 6.07) is 16.4. The topological polar surface area (TPSA) is 33.2 Å². The summed E-state index contributed by atoms with van der Waals surface area (Å²) < 4.78 is 0. The van der Waals surface area contributed by atoms with Gasteiger partial charge in [0.1, 0.15) is 0 Å². The quantitative estimate of drug-likeness (QED) is 0.703. The average Bonchev–Trinajstić information content (AvgIpc) is 2.66. The van der Waals surface area contributed by atoms with Crippen molar-refractivity contribution in [2.24, 2.45) is 0 Å². The van der Waals surface area contributed by atoms with Crippen molar-refractivity contribution in [1.82, 2.24) is 9.88 Å². The van der Waals surface area contributed by atoms with Crippen LogP contribution in [0.1, 0.15) is 40.4 Å². The zero-order valence-electron chi connectivity index (χ0n) is 13.8. The fourth-order valence-corrected chi connectivity index (χ4v) is 3.77. The number of amides is 1. The van der Waals surface area contributed by atoms with E-state index in [9.17, 15) is 4.79 Å². The Bertz CT molecular complexity index is 898. The molecule has 1 heterocycles. The first-order chi connectivity index (χ1) is 11.8. The van der Waals surface area contributed by atoms with Gasteiger partial charge < -0.3 is 4.90 Å². The SMILES string of the molecule is CN(C(=O)c1cccc2cnccc12)[C@@H]1CCCc2ccccc21. The third-order valence-corrected chi connectivity index (χ3v) is 5.04. The first-order valence-electron chi connectivity index (χ1n) is 8.43. The number of pyridine rings is 1. The zero-order chi connectivity index (χ0) is 16.5. The number of aryl methyl sites for hydroxylation is 1. The minimum Gasteiger partial charge on any atom is -0.335 e.